The van der Waals surface area contributed by atoms with E-state index in [1.807, 2.05) is 12.1 Å². The molecule has 3 heteroatoms. The van der Waals surface area contributed by atoms with Crippen molar-refractivity contribution in [3.8, 4) is 73.0 Å². The van der Waals surface area contributed by atoms with Crippen molar-refractivity contribution < 1.29 is 0 Å². The minimum atomic E-state index is -0.111. The number of fused-ring (bicyclic) bond motifs is 6. The Bertz CT molecular complexity index is 3120. The maximum absolute atomic E-state index is 5.13. The lowest BCUT2D eigenvalue weighted by atomic mass is 9.79. The molecule has 1 aliphatic carbocycles. The second kappa shape index (κ2) is 13.4. The summed E-state index contributed by atoms with van der Waals surface area (Å²) in [6.45, 7) is 4.74. The summed E-state index contributed by atoms with van der Waals surface area (Å²) in [5, 5.41) is 2.44. The van der Waals surface area contributed by atoms with Crippen LogP contribution in [0.2, 0.25) is 0 Å². The number of nitrogens with zero attached hydrogens (tertiary/aromatic N) is 3. The molecule has 1 aliphatic rings. The van der Waals surface area contributed by atoms with E-state index in [0.29, 0.717) is 5.82 Å². The summed E-state index contributed by atoms with van der Waals surface area (Å²) in [6, 6.07) is 71.8. The van der Waals surface area contributed by atoms with Gasteiger partial charge in [0.2, 0.25) is 0 Å². The highest BCUT2D eigenvalue weighted by molar-refractivity contribution is 6.12. The van der Waals surface area contributed by atoms with Crippen LogP contribution in [-0.2, 0) is 5.41 Å². The van der Waals surface area contributed by atoms with Crippen LogP contribution in [0.3, 0.4) is 0 Å². The van der Waals surface area contributed by atoms with Crippen molar-refractivity contribution in [2.45, 2.75) is 19.3 Å². The summed E-state index contributed by atoms with van der Waals surface area (Å²) >= 11 is 0. The quantitative estimate of drug-likeness (QED) is 0.170. The third-order valence-corrected chi connectivity index (χ3v) is 12.0. The van der Waals surface area contributed by atoms with Gasteiger partial charge in [-0.25, -0.2) is 9.97 Å². The first-order chi connectivity index (χ1) is 28.5. The van der Waals surface area contributed by atoms with Crippen LogP contribution in [0.4, 0.5) is 0 Å². The first-order valence-corrected chi connectivity index (χ1v) is 20.0. The summed E-state index contributed by atoms with van der Waals surface area (Å²) < 4.78 is 2.40. The molecule has 2 aromatic heterocycles. The average Bonchev–Trinajstić information content (AvgIpc) is 3.74. The molecular weight excluding hydrogens is 703 g/mol. The SMILES string of the molecule is CC1(C)c2ccccc2-c2cccc(-c3ccc4c(c3)c3cc(-c5cccc(-c6nc(-c7ccccc7)cc(-c7ccccc7)n6)c5)ccc3n4-c3ccccc3)c21. The summed E-state index contributed by atoms with van der Waals surface area (Å²) in [4.78, 5) is 10.3. The minimum Gasteiger partial charge on any atom is -0.309 e. The Hall–Kier alpha value is -7.36. The minimum absolute atomic E-state index is 0.111. The molecule has 8 aromatic carbocycles. The number of hydrogen-bond donors (Lipinski definition) is 0. The second-order valence-electron chi connectivity index (χ2n) is 15.8. The third kappa shape index (κ3) is 5.50. The van der Waals surface area contributed by atoms with Gasteiger partial charge in [-0.05, 0) is 93.0 Å². The largest absolute Gasteiger partial charge is 0.309 e. The fourth-order valence-corrected chi connectivity index (χ4v) is 9.24. The average molecular weight is 742 g/mol. The molecule has 3 nitrogen and oxygen atoms in total. The lowest BCUT2D eigenvalue weighted by Gasteiger charge is -2.24. The molecule has 274 valence electrons. The number of aromatic nitrogens is 3. The monoisotopic (exact) mass is 741 g/mol. The van der Waals surface area contributed by atoms with Crippen LogP contribution in [0.1, 0.15) is 25.0 Å². The Morgan fingerprint density at radius 3 is 1.57 bits per heavy atom. The van der Waals surface area contributed by atoms with E-state index < -0.39 is 0 Å². The lowest BCUT2D eigenvalue weighted by molar-refractivity contribution is 0.662. The van der Waals surface area contributed by atoms with E-state index in [4.69, 9.17) is 9.97 Å². The van der Waals surface area contributed by atoms with Gasteiger partial charge in [0.25, 0.3) is 0 Å². The van der Waals surface area contributed by atoms with Crippen LogP contribution in [0.5, 0.6) is 0 Å². The molecule has 0 atom stereocenters. The van der Waals surface area contributed by atoms with Crippen LogP contribution >= 0.6 is 0 Å². The summed E-state index contributed by atoms with van der Waals surface area (Å²) in [5.74, 6) is 0.703. The van der Waals surface area contributed by atoms with Gasteiger partial charge in [-0.15, -0.1) is 0 Å². The van der Waals surface area contributed by atoms with Crippen molar-refractivity contribution in [2.75, 3.05) is 0 Å². The van der Waals surface area contributed by atoms with Crippen LogP contribution in [0.15, 0.2) is 200 Å². The van der Waals surface area contributed by atoms with Crippen LogP contribution in [0, 0.1) is 0 Å². The highest BCUT2D eigenvalue weighted by atomic mass is 15.0. The predicted molar refractivity (Wildman–Crippen MR) is 241 cm³/mol. The second-order valence-corrected chi connectivity index (χ2v) is 15.8. The van der Waals surface area contributed by atoms with E-state index in [0.717, 1.165) is 44.9 Å². The van der Waals surface area contributed by atoms with E-state index in [-0.39, 0.29) is 5.41 Å². The maximum atomic E-state index is 5.13. The molecule has 0 radical (unpaired) electrons. The highest BCUT2D eigenvalue weighted by Crippen LogP contribution is 2.52. The zero-order valence-electron chi connectivity index (χ0n) is 32.4. The van der Waals surface area contributed by atoms with Crippen molar-refractivity contribution in [3.05, 3.63) is 211 Å². The lowest BCUT2D eigenvalue weighted by Crippen LogP contribution is -2.16. The van der Waals surface area contributed by atoms with Gasteiger partial charge in [-0.2, -0.15) is 0 Å². The Morgan fingerprint density at radius 1 is 0.379 bits per heavy atom. The molecule has 0 amide bonds. The molecule has 11 rings (SSSR count). The highest BCUT2D eigenvalue weighted by Gasteiger charge is 2.37. The Labute approximate surface area is 338 Å². The first kappa shape index (κ1) is 33.9. The predicted octanol–water partition coefficient (Wildman–Crippen LogP) is 14.2. The number of para-hydroxylation sites is 1. The Balaban J connectivity index is 1.07. The Morgan fingerprint density at radius 2 is 0.879 bits per heavy atom. The van der Waals surface area contributed by atoms with E-state index in [9.17, 15) is 0 Å². The van der Waals surface area contributed by atoms with Crippen LogP contribution < -0.4 is 0 Å². The molecule has 0 saturated heterocycles. The third-order valence-electron chi connectivity index (χ3n) is 12.0. The van der Waals surface area contributed by atoms with Gasteiger partial charge < -0.3 is 4.57 Å². The fraction of sp³-hybridized carbons (Fsp3) is 0.0545. The van der Waals surface area contributed by atoms with E-state index in [1.165, 1.54) is 55.2 Å². The smallest absolute Gasteiger partial charge is 0.160 e. The molecule has 10 aromatic rings. The molecule has 0 saturated carbocycles. The molecule has 0 N–H and O–H groups in total. The van der Waals surface area contributed by atoms with Crippen molar-refractivity contribution in [1.82, 2.24) is 14.5 Å². The summed E-state index contributed by atoms with van der Waals surface area (Å²) in [5.41, 5.74) is 18.5. The molecule has 0 fully saturated rings. The normalized spacial score (nSPS) is 12.8. The van der Waals surface area contributed by atoms with Gasteiger partial charge in [0.15, 0.2) is 5.82 Å². The number of hydrogen-bond acceptors (Lipinski definition) is 2. The van der Waals surface area contributed by atoms with Crippen molar-refractivity contribution >= 4 is 21.8 Å². The van der Waals surface area contributed by atoms with Gasteiger partial charge in [0.05, 0.1) is 22.4 Å². The van der Waals surface area contributed by atoms with Crippen molar-refractivity contribution in [3.63, 3.8) is 0 Å². The molecule has 2 heterocycles. The van der Waals surface area contributed by atoms with E-state index in [2.05, 4.69) is 206 Å². The molecule has 58 heavy (non-hydrogen) atoms. The van der Waals surface area contributed by atoms with Gasteiger partial charge in [0, 0.05) is 38.6 Å². The molecular formula is C55H39N3. The molecule has 0 spiro atoms. The van der Waals surface area contributed by atoms with Gasteiger partial charge in [-0.1, -0.05) is 166 Å². The Kier molecular flexibility index (Phi) is 7.84. The summed E-state index contributed by atoms with van der Waals surface area (Å²) in [7, 11) is 0. The van der Waals surface area contributed by atoms with Gasteiger partial charge in [0.1, 0.15) is 0 Å². The van der Waals surface area contributed by atoms with Crippen LogP contribution in [0.25, 0.3) is 94.8 Å². The maximum Gasteiger partial charge on any atom is 0.160 e. The number of rotatable bonds is 6. The fourth-order valence-electron chi connectivity index (χ4n) is 9.24. The van der Waals surface area contributed by atoms with E-state index in [1.54, 1.807) is 0 Å². The van der Waals surface area contributed by atoms with Gasteiger partial charge >= 0.3 is 0 Å². The first-order valence-electron chi connectivity index (χ1n) is 20.0. The van der Waals surface area contributed by atoms with Gasteiger partial charge in [-0.3, -0.25) is 0 Å². The van der Waals surface area contributed by atoms with Crippen molar-refractivity contribution in [2.24, 2.45) is 0 Å². The summed E-state index contributed by atoms with van der Waals surface area (Å²) in [6.07, 6.45) is 0. The topological polar surface area (TPSA) is 30.7 Å². The van der Waals surface area contributed by atoms with E-state index >= 15 is 0 Å². The molecule has 0 aliphatic heterocycles. The number of benzene rings is 8. The standard InChI is InChI=1S/C55H39N3/c1-55(2)48-27-13-12-24-44(48)45-26-15-25-43(53(45)55)40-29-31-52-47(34-40)46-33-39(28-30-51(46)58(52)42-22-10-5-11-23-42)38-20-14-21-41(32-38)54-56-49(36-16-6-3-7-17-36)35-50(57-54)37-18-8-4-9-19-37/h3-35H,1-2H3. The van der Waals surface area contributed by atoms with Crippen molar-refractivity contribution in [1.29, 1.82) is 0 Å². The zero-order chi connectivity index (χ0) is 38.8. The molecule has 0 unspecified atom stereocenters. The van der Waals surface area contributed by atoms with Crippen LogP contribution in [-0.4, -0.2) is 14.5 Å². The molecule has 0 bridgehead atoms. The zero-order valence-corrected chi connectivity index (χ0v) is 32.4.